The van der Waals surface area contributed by atoms with Gasteiger partial charge in [0.05, 0.1) is 30.4 Å². The molecule has 2 N–H and O–H groups in total. The number of carbonyl (C=O) groups is 1. The maximum Gasteiger partial charge on any atom is 0.268 e. The summed E-state index contributed by atoms with van der Waals surface area (Å²) in [4.78, 5) is 23.2. The number of primary amides is 1. The van der Waals surface area contributed by atoms with Gasteiger partial charge in [0, 0.05) is 49.8 Å². The SMILES string of the molecule is COCc1ccccc1-c1csc(-c2cc(N3CCN(S(C)(=O)=O)CC3)cnc2C(N)=O)n1. The molecule has 1 aromatic carbocycles. The lowest BCUT2D eigenvalue weighted by Crippen LogP contribution is -2.48. The number of hydrogen-bond acceptors (Lipinski definition) is 8. The molecule has 1 fully saturated rings. The molecule has 2 aromatic heterocycles. The number of hydrogen-bond donors (Lipinski definition) is 1. The van der Waals surface area contributed by atoms with Gasteiger partial charge in [-0.3, -0.25) is 4.79 Å². The molecular weight excluding hydrogens is 462 g/mol. The van der Waals surface area contributed by atoms with E-state index in [0.29, 0.717) is 43.4 Å². The second kappa shape index (κ2) is 9.56. The van der Waals surface area contributed by atoms with Gasteiger partial charge in [-0.2, -0.15) is 4.31 Å². The van der Waals surface area contributed by atoms with Crippen LogP contribution in [0.1, 0.15) is 16.1 Å². The molecule has 3 aromatic rings. The largest absolute Gasteiger partial charge is 0.380 e. The summed E-state index contributed by atoms with van der Waals surface area (Å²) < 4.78 is 30.4. The van der Waals surface area contributed by atoms with E-state index < -0.39 is 15.9 Å². The number of nitrogens with two attached hydrogens (primary N) is 1. The van der Waals surface area contributed by atoms with Gasteiger partial charge in [0.15, 0.2) is 0 Å². The van der Waals surface area contributed by atoms with Gasteiger partial charge < -0.3 is 15.4 Å². The minimum Gasteiger partial charge on any atom is -0.380 e. The summed E-state index contributed by atoms with van der Waals surface area (Å²) in [5.41, 5.74) is 9.87. The highest BCUT2D eigenvalue weighted by Gasteiger charge is 2.25. The van der Waals surface area contributed by atoms with Crippen LogP contribution in [-0.2, 0) is 21.4 Å². The molecule has 0 atom stereocenters. The van der Waals surface area contributed by atoms with Crippen molar-refractivity contribution in [1.29, 1.82) is 0 Å². The molecule has 1 aliphatic rings. The molecule has 11 heteroatoms. The molecule has 0 aliphatic carbocycles. The van der Waals surface area contributed by atoms with Crippen LogP contribution < -0.4 is 10.6 Å². The van der Waals surface area contributed by atoms with Gasteiger partial charge in [0.1, 0.15) is 10.7 Å². The van der Waals surface area contributed by atoms with E-state index in [1.165, 1.54) is 21.9 Å². The highest BCUT2D eigenvalue weighted by atomic mass is 32.2. The normalized spacial score (nSPS) is 15.0. The third-order valence-corrected chi connectivity index (χ3v) is 7.69. The number of amides is 1. The first kappa shape index (κ1) is 23.3. The van der Waals surface area contributed by atoms with Crippen LogP contribution in [0, 0.1) is 0 Å². The molecule has 1 aliphatic heterocycles. The van der Waals surface area contributed by atoms with Gasteiger partial charge in [0.2, 0.25) is 10.0 Å². The average Bonchev–Trinajstić information content (AvgIpc) is 3.29. The number of anilines is 1. The van der Waals surface area contributed by atoms with Crippen molar-refractivity contribution in [2.45, 2.75) is 6.61 Å². The Kier molecular flexibility index (Phi) is 6.75. The maximum absolute atomic E-state index is 12.1. The van der Waals surface area contributed by atoms with Crippen molar-refractivity contribution in [3.8, 4) is 21.8 Å². The molecule has 0 unspecified atom stereocenters. The summed E-state index contributed by atoms with van der Waals surface area (Å²) >= 11 is 1.41. The Morgan fingerprint density at radius 1 is 1.18 bits per heavy atom. The standard InChI is InChI=1S/C22H25N5O4S2/c1-31-13-15-5-3-4-6-17(15)19-14-32-22(25-19)18-11-16(12-24-20(18)21(23)28)26-7-9-27(10-8-26)33(2,29)30/h3-6,11-12,14H,7-10,13H2,1-2H3,(H2,23,28). The van der Waals surface area contributed by atoms with Crippen LogP contribution in [0.15, 0.2) is 41.9 Å². The first-order valence-electron chi connectivity index (χ1n) is 10.3. The Balaban J connectivity index is 1.66. The zero-order chi connectivity index (χ0) is 23.6. The van der Waals surface area contributed by atoms with E-state index >= 15 is 0 Å². The molecule has 9 nitrogen and oxygen atoms in total. The van der Waals surface area contributed by atoms with E-state index in [0.717, 1.165) is 22.5 Å². The van der Waals surface area contributed by atoms with E-state index in [2.05, 4.69) is 4.98 Å². The molecule has 174 valence electrons. The number of methoxy groups -OCH3 is 1. The summed E-state index contributed by atoms with van der Waals surface area (Å²) in [5.74, 6) is -0.630. The molecule has 3 heterocycles. The van der Waals surface area contributed by atoms with Gasteiger partial charge in [-0.05, 0) is 11.6 Å². The first-order valence-corrected chi connectivity index (χ1v) is 13.0. The summed E-state index contributed by atoms with van der Waals surface area (Å²) in [6.07, 6.45) is 2.82. The van der Waals surface area contributed by atoms with E-state index in [1.54, 1.807) is 13.3 Å². The molecule has 0 bridgehead atoms. The maximum atomic E-state index is 12.1. The number of piperazine rings is 1. The topological polar surface area (TPSA) is 119 Å². The second-order valence-corrected chi connectivity index (χ2v) is 10.6. The number of sulfonamides is 1. The van der Waals surface area contributed by atoms with Crippen LogP contribution in [0.2, 0.25) is 0 Å². The van der Waals surface area contributed by atoms with Crippen LogP contribution in [0.5, 0.6) is 0 Å². The molecule has 1 amide bonds. The van der Waals surface area contributed by atoms with Gasteiger partial charge in [-0.15, -0.1) is 11.3 Å². The Morgan fingerprint density at radius 2 is 1.91 bits per heavy atom. The fourth-order valence-corrected chi connectivity index (χ4v) is 5.50. The summed E-state index contributed by atoms with van der Waals surface area (Å²) in [6, 6.07) is 9.73. The Labute approximate surface area is 196 Å². The van der Waals surface area contributed by atoms with Crippen LogP contribution in [0.4, 0.5) is 5.69 Å². The fraction of sp³-hybridized carbons (Fsp3) is 0.318. The van der Waals surface area contributed by atoms with Gasteiger partial charge in [0.25, 0.3) is 5.91 Å². The number of pyridine rings is 1. The molecule has 33 heavy (non-hydrogen) atoms. The molecule has 0 saturated carbocycles. The van der Waals surface area contributed by atoms with Crippen LogP contribution in [0.3, 0.4) is 0 Å². The highest BCUT2D eigenvalue weighted by molar-refractivity contribution is 7.88. The first-order chi connectivity index (χ1) is 15.8. The van der Waals surface area contributed by atoms with E-state index in [4.69, 9.17) is 15.5 Å². The summed E-state index contributed by atoms with van der Waals surface area (Å²) in [5, 5.41) is 2.57. The van der Waals surface area contributed by atoms with Crippen molar-refractivity contribution in [1.82, 2.24) is 14.3 Å². The van der Waals surface area contributed by atoms with Crippen LogP contribution in [0.25, 0.3) is 21.8 Å². The van der Waals surface area contributed by atoms with E-state index in [-0.39, 0.29) is 5.69 Å². The number of rotatable bonds is 7. The second-order valence-electron chi connectivity index (χ2n) is 7.73. The number of nitrogens with zero attached hydrogens (tertiary/aromatic N) is 4. The minimum absolute atomic E-state index is 0.152. The van der Waals surface area contributed by atoms with E-state index in [1.807, 2.05) is 40.6 Å². The molecule has 0 radical (unpaired) electrons. The smallest absolute Gasteiger partial charge is 0.268 e. The van der Waals surface area contributed by atoms with Crippen molar-refractivity contribution < 1.29 is 17.9 Å². The third-order valence-electron chi connectivity index (χ3n) is 5.51. The minimum atomic E-state index is -3.22. The fourth-order valence-electron chi connectivity index (χ4n) is 3.84. The number of carbonyl (C=O) groups excluding carboxylic acids is 1. The Bertz CT molecular complexity index is 1270. The number of thiazole rings is 1. The monoisotopic (exact) mass is 487 g/mol. The Morgan fingerprint density at radius 3 is 2.58 bits per heavy atom. The van der Waals surface area contributed by atoms with Crippen LogP contribution >= 0.6 is 11.3 Å². The predicted octanol–water partition coefficient (Wildman–Crippen LogP) is 2.20. The zero-order valence-electron chi connectivity index (χ0n) is 18.4. The number of aromatic nitrogens is 2. The molecule has 0 spiro atoms. The third kappa shape index (κ3) is 5.06. The number of ether oxygens (including phenoxy) is 1. The van der Waals surface area contributed by atoms with Crippen molar-refractivity contribution in [2.24, 2.45) is 5.73 Å². The van der Waals surface area contributed by atoms with Crippen molar-refractivity contribution in [3.63, 3.8) is 0 Å². The van der Waals surface area contributed by atoms with E-state index in [9.17, 15) is 13.2 Å². The lowest BCUT2D eigenvalue weighted by atomic mass is 10.1. The van der Waals surface area contributed by atoms with Crippen molar-refractivity contribution in [3.05, 3.63) is 53.2 Å². The quantitative estimate of drug-likeness (QED) is 0.543. The van der Waals surface area contributed by atoms with Crippen molar-refractivity contribution >= 4 is 33.0 Å². The number of benzene rings is 1. The van der Waals surface area contributed by atoms with Gasteiger partial charge >= 0.3 is 0 Å². The Hall–Kier alpha value is -2.86. The van der Waals surface area contributed by atoms with Crippen molar-refractivity contribution in [2.75, 3.05) is 44.4 Å². The highest BCUT2D eigenvalue weighted by Crippen LogP contribution is 2.34. The average molecular weight is 488 g/mol. The molecule has 4 rings (SSSR count). The summed E-state index contributed by atoms with van der Waals surface area (Å²) in [6.45, 7) is 2.30. The van der Waals surface area contributed by atoms with Crippen LogP contribution in [-0.4, -0.2) is 68.1 Å². The molecule has 1 saturated heterocycles. The van der Waals surface area contributed by atoms with Gasteiger partial charge in [-0.1, -0.05) is 24.3 Å². The molecular formula is C22H25N5O4S2. The lowest BCUT2D eigenvalue weighted by Gasteiger charge is -2.34. The lowest BCUT2D eigenvalue weighted by molar-refractivity contribution is 0.0996. The summed E-state index contributed by atoms with van der Waals surface area (Å²) in [7, 11) is -1.57. The zero-order valence-corrected chi connectivity index (χ0v) is 20.0. The van der Waals surface area contributed by atoms with Gasteiger partial charge in [-0.25, -0.2) is 18.4 Å². The predicted molar refractivity (Wildman–Crippen MR) is 129 cm³/mol.